The monoisotopic (exact) mass is 230 g/mol. The van der Waals surface area contributed by atoms with Crippen molar-refractivity contribution < 1.29 is 9.59 Å². The summed E-state index contributed by atoms with van der Waals surface area (Å²) in [4.78, 5) is 25.9. The first-order valence-corrected chi connectivity index (χ1v) is 5.10. The molecule has 4 nitrogen and oxygen atoms in total. The number of nitrogens with zero attached hydrogens (tertiary/aromatic N) is 1. The van der Waals surface area contributed by atoms with Gasteiger partial charge in [-0.25, -0.2) is 4.99 Å². The molecule has 0 aliphatic carbocycles. The van der Waals surface area contributed by atoms with Gasteiger partial charge in [0.25, 0.3) is 5.91 Å². The number of carbonyl (C=O) groups excluding carboxylic acids is 2. The van der Waals surface area contributed by atoms with Crippen LogP contribution in [0.15, 0.2) is 40.9 Å². The molecule has 0 heterocycles. The Balaban J connectivity index is 2.75. The van der Waals surface area contributed by atoms with E-state index in [0.717, 1.165) is 5.57 Å². The van der Waals surface area contributed by atoms with E-state index in [2.05, 4.69) is 17.0 Å². The molecule has 0 fully saturated rings. The lowest BCUT2D eigenvalue weighted by Gasteiger charge is -2.03. The normalized spacial score (nSPS) is 9.29. The molecule has 0 radical (unpaired) electrons. The summed E-state index contributed by atoms with van der Waals surface area (Å²) in [6.45, 7) is 6.85. The zero-order valence-corrected chi connectivity index (χ0v) is 9.86. The Labute approximate surface area is 100 Å². The molecule has 0 atom stereocenters. The minimum Gasteiger partial charge on any atom is -0.323 e. The second-order valence-corrected chi connectivity index (χ2v) is 3.75. The van der Waals surface area contributed by atoms with Crippen LogP contribution in [0.2, 0.25) is 0 Å². The smallest absolute Gasteiger partial charge is 0.276 e. The molecule has 0 unspecified atom stereocenters. The third-order valence-corrected chi connectivity index (χ3v) is 1.96. The van der Waals surface area contributed by atoms with Gasteiger partial charge in [0.15, 0.2) is 0 Å². The summed E-state index contributed by atoms with van der Waals surface area (Å²) in [5.41, 5.74) is 2.00. The predicted octanol–water partition coefficient (Wildman–Crippen LogP) is 2.43. The van der Waals surface area contributed by atoms with Crippen molar-refractivity contribution in [2.24, 2.45) is 4.99 Å². The molecule has 0 saturated carbocycles. The molecule has 0 spiro atoms. The van der Waals surface area contributed by atoms with Gasteiger partial charge in [0.2, 0.25) is 5.91 Å². The minimum absolute atomic E-state index is 0.189. The first-order chi connectivity index (χ1) is 8.02. The van der Waals surface area contributed by atoms with E-state index in [9.17, 15) is 9.59 Å². The maximum Gasteiger partial charge on any atom is 0.276 e. The van der Waals surface area contributed by atoms with Gasteiger partial charge in [-0.3, -0.25) is 9.59 Å². The Kier molecular flexibility index (Phi) is 4.34. The van der Waals surface area contributed by atoms with Crippen molar-refractivity contribution in [1.82, 2.24) is 0 Å². The van der Waals surface area contributed by atoms with Gasteiger partial charge in [0.05, 0.1) is 0 Å². The molecule has 0 aliphatic heterocycles. The lowest BCUT2D eigenvalue weighted by Crippen LogP contribution is -2.08. The lowest BCUT2D eigenvalue weighted by molar-refractivity contribution is -0.111. The van der Waals surface area contributed by atoms with E-state index in [1.54, 1.807) is 24.3 Å². The van der Waals surface area contributed by atoms with Crippen molar-refractivity contribution in [3.63, 3.8) is 0 Å². The number of allylic oxidation sites excluding steroid dienone is 1. The number of amides is 2. The quantitative estimate of drug-likeness (QED) is 0.640. The average Bonchev–Trinajstić information content (AvgIpc) is 2.28. The van der Waals surface area contributed by atoms with Crippen molar-refractivity contribution in [1.29, 1.82) is 0 Å². The van der Waals surface area contributed by atoms with Gasteiger partial charge < -0.3 is 5.32 Å². The fourth-order valence-corrected chi connectivity index (χ4v) is 1.23. The Morgan fingerprint density at radius 2 is 1.82 bits per heavy atom. The van der Waals surface area contributed by atoms with E-state index in [4.69, 9.17) is 0 Å². The van der Waals surface area contributed by atoms with E-state index in [1.165, 1.54) is 6.08 Å². The molecule has 0 bridgehead atoms. The highest BCUT2D eigenvalue weighted by atomic mass is 16.2. The summed E-state index contributed by atoms with van der Waals surface area (Å²) >= 11 is 0. The molecule has 1 aromatic rings. The van der Waals surface area contributed by atoms with E-state index >= 15 is 0 Å². The largest absolute Gasteiger partial charge is 0.323 e. The topological polar surface area (TPSA) is 58.5 Å². The van der Waals surface area contributed by atoms with E-state index < -0.39 is 0 Å². The van der Waals surface area contributed by atoms with Gasteiger partial charge in [-0.2, -0.15) is 0 Å². The van der Waals surface area contributed by atoms with Crippen LogP contribution >= 0.6 is 0 Å². The highest BCUT2D eigenvalue weighted by molar-refractivity contribution is 6.00. The number of hydrogen-bond acceptors (Lipinski definition) is 2. The molecular weight excluding hydrogens is 216 g/mol. The molecule has 4 heteroatoms. The summed E-state index contributed by atoms with van der Waals surface area (Å²) in [6.07, 6.45) is 1.50. The Morgan fingerprint density at radius 1 is 1.24 bits per heavy atom. The van der Waals surface area contributed by atoms with Crippen molar-refractivity contribution >= 4 is 24.2 Å². The first-order valence-electron chi connectivity index (χ1n) is 5.10. The fourth-order valence-electron chi connectivity index (χ4n) is 1.23. The van der Waals surface area contributed by atoms with Gasteiger partial charge >= 0.3 is 0 Å². The van der Waals surface area contributed by atoms with Crippen LogP contribution in [0.4, 0.5) is 5.69 Å². The van der Waals surface area contributed by atoms with Gasteiger partial charge in [0.1, 0.15) is 0 Å². The number of benzene rings is 1. The highest BCUT2D eigenvalue weighted by Crippen LogP contribution is 2.10. The summed E-state index contributed by atoms with van der Waals surface area (Å²) < 4.78 is 0. The van der Waals surface area contributed by atoms with Crippen molar-refractivity contribution in [2.45, 2.75) is 13.8 Å². The van der Waals surface area contributed by atoms with Crippen LogP contribution in [0.1, 0.15) is 24.2 Å². The molecule has 1 N–H and O–H groups in total. The number of carbonyl (C=O) groups is 2. The number of anilines is 1. The standard InChI is InChI=1S/C13H14N2O2/c1-9(2)8-12(16)15-11-6-4-10(5-7-11)13(17)14-3/h4-8H,3H2,1-2H3,(H,15,16). The van der Waals surface area contributed by atoms with Gasteiger partial charge in [-0.05, 0) is 44.8 Å². The molecule has 0 aromatic heterocycles. The van der Waals surface area contributed by atoms with Gasteiger partial charge in [0, 0.05) is 17.3 Å². The second-order valence-electron chi connectivity index (χ2n) is 3.75. The molecule has 1 rings (SSSR count). The number of hydrogen-bond donors (Lipinski definition) is 1. The predicted molar refractivity (Wildman–Crippen MR) is 68.4 cm³/mol. The minimum atomic E-state index is -0.382. The molecule has 88 valence electrons. The fraction of sp³-hybridized carbons (Fsp3) is 0.154. The van der Waals surface area contributed by atoms with Crippen molar-refractivity contribution in [3.8, 4) is 0 Å². The van der Waals surface area contributed by atoms with E-state index in [1.807, 2.05) is 13.8 Å². The molecule has 2 amide bonds. The highest BCUT2D eigenvalue weighted by Gasteiger charge is 2.03. The maximum atomic E-state index is 11.4. The number of aliphatic imine (C=N–C) groups is 1. The summed E-state index contributed by atoms with van der Waals surface area (Å²) in [7, 11) is 0. The summed E-state index contributed by atoms with van der Waals surface area (Å²) in [6, 6.07) is 6.48. The number of rotatable bonds is 3. The molecule has 1 aromatic carbocycles. The lowest BCUT2D eigenvalue weighted by atomic mass is 10.2. The van der Waals surface area contributed by atoms with Crippen LogP contribution < -0.4 is 5.32 Å². The summed E-state index contributed by atoms with van der Waals surface area (Å²) in [5.74, 6) is -0.571. The van der Waals surface area contributed by atoms with Crippen LogP contribution in [0.25, 0.3) is 0 Å². The Bertz CT molecular complexity index is 469. The zero-order valence-electron chi connectivity index (χ0n) is 9.86. The van der Waals surface area contributed by atoms with E-state index in [0.29, 0.717) is 11.3 Å². The van der Waals surface area contributed by atoms with Gasteiger partial charge in [-0.15, -0.1) is 0 Å². The first kappa shape index (κ1) is 12.8. The maximum absolute atomic E-state index is 11.4. The number of nitrogens with one attached hydrogen (secondary N) is 1. The average molecular weight is 230 g/mol. The van der Waals surface area contributed by atoms with Gasteiger partial charge in [-0.1, -0.05) is 5.57 Å². The zero-order chi connectivity index (χ0) is 12.8. The van der Waals surface area contributed by atoms with Crippen LogP contribution in [0.5, 0.6) is 0 Å². The molecule has 17 heavy (non-hydrogen) atoms. The summed E-state index contributed by atoms with van der Waals surface area (Å²) in [5, 5.41) is 2.68. The molecular formula is C13H14N2O2. The van der Waals surface area contributed by atoms with Crippen molar-refractivity contribution in [2.75, 3.05) is 5.32 Å². The SMILES string of the molecule is C=NC(=O)c1ccc(NC(=O)C=C(C)C)cc1. The van der Waals surface area contributed by atoms with Crippen LogP contribution in [0, 0.1) is 0 Å². The Morgan fingerprint density at radius 3 is 2.29 bits per heavy atom. The molecule has 0 aliphatic rings. The third-order valence-electron chi connectivity index (χ3n) is 1.96. The van der Waals surface area contributed by atoms with Crippen LogP contribution in [-0.4, -0.2) is 18.5 Å². The molecule has 0 saturated heterocycles. The van der Waals surface area contributed by atoms with Crippen LogP contribution in [-0.2, 0) is 4.79 Å². The van der Waals surface area contributed by atoms with Crippen LogP contribution in [0.3, 0.4) is 0 Å². The van der Waals surface area contributed by atoms with E-state index in [-0.39, 0.29) is 11.8 Å². The third kappa shape index (κ3) is 4.03. The second kappa shape index (κ2) is 5.75. The van der Waals surface area contributed by atoms with Crippen molar-refractivity contribution in [3.05, 3.63) is 41.5 Å². The Hall–Kier alpha value is -2.23.